The zero-order chi connectivity index (χ0) is 14.3. The molecule has 1 aromatic carbocycles. The molecule has 0 aliphatic carbocycles. The number of rotatable bonds is 6. The number of aromatic hydroxyl groups is 2. The molecule has 102 valence electrons. The smallest absolute Gasteiger partial charge is 0.257 e. The molecule has 0 saturated carbocycles. The van der Waals surface area contributed by atoms with E-state index < -0.39 is 5.91 Å². The predicted octanol–water partition coefficient (Wildman–Crippen LogP) is 1.10. The van der Waals surface area contributed by atoms with Gasteiger partial charge in [0.25, 0.3) is 5.91 Å². The van der Waals surface area contributed by atoms with Crippen LogP contribution in [0.2, 0.25) is 0 Å². The third kappa shape index (κ3) is 4.16. The minimum atomic E-state index is -0.444. The standard InChI is InChI=1S/C13H16N2O4/c1-19-8-7-15(6-2-5-14)13(18)11-9-10(16)3-4-12(11)17/h3-4,9,16-17H,2,6-8H2,1H3. The van der Waals surface area contributed by atoms with E-state index in [9.17, 15) is 15.0 Å². The van der Waals surface area contributed by atoms with Gasteiger partial charge in [0.05, 0.1) is 24.7 Å². The third-order valence-electron chi connectivity index (χ3n) is 2.56. The number of phenols is 2. The van der Waals surface area contributed by atoms with Crippen molar-refractivity contribution in [3.05, 3.63) is 23.8 Å². The molecule has 0 aliphatic rings. The van der Waals surface area contributed by atoms with Gasteiger partial charge in [0.2, 0.25) is 0 Å². The average Bonchev–Trinajstić information content (AvgIpc) is 2.41. The summed E-state index contributed by atoms with van der Waals surface area (Å²) in [4.78, 5) is 13.6. The third-order valence-corrected chi connectivity index (χ3v) is 2.56. The number of carbonyl (C=O) groups is 1. The Morgan fingerprint density at radius 3 is 2.79 bits per heavy atom. The molecule has 19 heavy (non-hydrogen) atoms. The van der Waals surface area contributed by atoms with Crippen LogP contribution in [0, 0.1) is 11.3 Å². The Hall–Kier alpha value is -2.26. The summed E-state index contributed by atoms with van der Waals surface area (Å²) in [5.74, 6) is -0.754. The van der Waals surface area contributed by atoms with Crippen LogP contribution in [0.4, 0.5) is 0 Å². The Morgan fingerprint density at radius 2 is 2.16 bits per heavy atom. The lowest BCUT2D eigenvalue weighted by Gasteiger charge is -2.21. The van der Waals surface area contributed by atoms with Gasteiger partial charge in [0, 0.05) is 20.2 Å². The summed E-state index contributed by atoms with van der Waals surface area (Å²) in [6, 6.07) is 5.70. The molecule has 6 nitrogen and oxygen atoms in total. The molecule has 2 N–H and O–H groups in total. The summed E-state index contributed by atoms with van der Waals surface area (Å²) in [5, 5.41) is 27.6. The Labute approximate surface area is 111 Å². The van der Waals surface area contributed by atoms with E-state index in [0.29, 0.717) is 13.2 Å². The molecular weight excluding hydrogens is 248 g/mol. The summed E-state index contributed by atoms with van der Waals surface area (Å²) in [5.41, 5.74) is 0.00837. The van der Waals surface area contributed by atoms with Crippen molar-refractivity contribution >= 4 is 5.91 Å². The van der Waals surface area contributed by atoms with Gasteiger partial charge >= 0.3 is 0 Å². The molecule has 0 saturated heterocycles. The SMILES string of the molecule is COCCN(CCC#N)C(=O)c1cc(O)ccc1O. The van der Waals surface area contributed by atoms with E-state index in [-0.39, 0.29) is 30.0 Å². The first-order valence-corrected chi connectivity index (χ1v) is 5.77. The van der Waals surface area contributed by atoms with E-state index in [1.165, 1.54) is 30.2 Å². The van der Waals surface area contributed by atoms with E-state index in [0.717, 1.165) is 0 Å². The van der Waals surface area contributed by atoms with Crippen molar-refractivity contribution in [2.75, 3.05) is 26.8 Å². The lowest BCUT2D eigenvalue weighted by atomic mass is 10.1. The first-order chi connectivity index (χ1) is 9.10. The Bertz CT molecular complexity index is 482. The van der Waals surface area contributed by atoms with Crippen LogP contribution in [-0.2, 0) is 4.74 Å². The number of benzene rings is 1. The van der Waals surface area contributed by atoms with Crippen LogP contribution in [0.1, 0.15) is 16.8 Å². The van der Waals surface area contributed by atoms with Crippen molar-refractivity contribution in [3.63, 3.8) is 0 Å². The molecule has 1 rings (SSSR count). The van der Waals surface area contributed by atoms with Gasteiger partial charge in [0.15, 0.2) is 0 Å². The highest BCUT2D eigenvalue weighted by Crippen LogP contribution is 2.23. The summed E-state index contributed by atoms with van der Waals surface area (Å²) in [7, 11) is 1.51. The van der Waals surface area contributed by atoms with E-state index in [2.05, 4.69) is 0 Å². The van der Waals surface area contributed by atoms with Gasteiger partial charge in [-0.15, -0.1) is 0 Å². The fraction of sp³-hybridized carbons (Fsp3) is 0.385. The zero-order valence-corrected chi connectivity index (χ0v) is 10.7. The van der Waals surface area contributed by atoms with Crippen LogP contribution < -0.4 is 0 Å². The van der Waals surface area contributed by atoms with Crippen LogP contribution in [0.15, 0.2) is 18.2 Å². The number of carbonyl (C=O) groups excluding carboxylic acids is 1. The van der Waals surface area contributed by atoms with Gasteiger partial charge in [-0.05, 0) is 18.2 Å². The van der Waals surface area contributed by atoms with Crippen LogP contribution in [0.25, 0.3) is 0 Å². The molecule has 0 fully saturated rings. The molecule has 1 amide bonds. The van der Waals surface area contributed by atoms with Crippen LogP contribution in [0.5, 0.6) is 11.5 Å². The number of hydrogen-bond donors (Lipinski definition) is 2. The summed E-state index contributed by atoms with van der Waals surface area (Å²) < 4.78 is 4.90. The van der Waals surface area contributed by atoms with Gasteiger partial charge in [-0.2, -0.15) is 5.26 Å². The molecule has 0 heterocycles. The van der Waals surface area contributed by atoms with Crippen LogP contribution in [-0.4, -0.2) is 47.8 Å². The minimum absolute atomic E-state index is 0.00837. The zero-order valence-electron chi connectivity index (χ0n) is 10.7. The van der Waals surface area contributed by atoms with Gasteiger partial charge in [-0.25, -0.2) is 0 Å². The predicted molar refractivity (Wildman–Crippen MR) is 67.8 cm³/mol. The van der Waals surface area contributed by atoms with Crippen LogP contribution in [0.3, 0.4) is 0 Å². The Morgan fingerprint density at radius 1 is 1.42 bits per heavy atom. The van der Waals surface area contributed by atoms with Gasteiger partial charge in [-0.1, -0.05) is 0 Å². The fourth-order valence-electron chi connectivity index (χ4n) is 1.57. The largest absolute Gasteiger partial charge is 0.508 e. The van der Waals surface area contributed by atoms with Crippen molar-refractivity contribution < 1.29 is 19.7 Å². The highest BCUT2D eigenvalue weighted by molar-refractivity contribution is 5.97. The van der Waals surface area contributed by atoms with E-state index in [1.54, 1.807) is 0 Å². The van der Waals surface area contributed by atoms with Crippen molar-refractivity contribution in [2.45, 2.75) is 6.42 Å². The van der Waals surface area contributed by atoms with E-state index >= 15 is 0 Å². The molecule has 6 heteroatoms. The first kappa shape index (κ1) is 14.8. The summed E-state index contributed by atoms with van der Waals surface area (Å²) >= 11 is 0. The normalized spacial score (nSPS) is 9.89. The van der Waals surface area contributed by atoms with E-state index in [1.807, 2.05) is 6.07 Å². The second-order valence-electron chi connectivity index (χ2n) is 3.89. The molecular formula is C13H16N2O4. The minimum Gasteiger partial charge on any atom is -0.508 e. The number of nitrogens with zero attached hydrogens (tertiary/aromatic N) is 2. The van der Waals surface area contributed by atoms with Crippen molar-refractivity contribution in [1.82, 2.24) is 4.90 Å². The van der Waals surface area contributed by atoms with Gasteiger partial charge < -0.3 is 19.8 Å². The topological polar surface area (TPSA) is 93.8 Å². The van der Waals surface area contributed by atoms with Crippen LogP contribution >= 0.6 is 0 Å². The number of amides is 1. The maximum Gasteiger partial charge on any atom is 0.257 e. The molecule has 0 radical (unpaired) electrons. The second kappa shape index (κ2) is 7.24. The number of ether oxygens (including phenoxy) is 1. The molecule has 0 spiro atoms. The first-order valence-electron chi connectivity index (χ1n) is 5.77. The molecule has 1 aromatic rings. The maximum absolute atomic E-state index is 12.2. The molecule has 0 aliphatic heterocycles. The monoisotopic (exact) mass is 264 g/mol. The van der Waals surface area contributed by atoms with Crippen molar-refractivity contribution in [1.29, 1.82) is 5.26 Å². The number of nitriles is 1. The number of hydrogen-bond acceptors (Lipinski definition) is 5. The number of phenolic OH excluding ortho intramolecular Hbond substituents is 2. The summed E-state index contributed by atoms with van der Waals surface area (Å²) in [6.45, 7) is 0.886. The number of methoxy groups -OCH3 is 1. The molecule has 0 aromatic heterocycles. The van der Waals surface area contributed by atoms with E-state index in [4.69, 9.17) is 10.00 Å². The quantitative estimate of drug-likeness (QED) is 0.750. The second-order valence-corrected chi connectivity index (χ2v) is 3.89. The van der Waals surface area contributed by atoms with Crippen molar-refractivity contribution in [2.24, 2.45) is 0 Å². The lowest BCUT2D eigenvalue weighted by molar-refractivity contribution is 0.0696. The Balaban J connectivity index is 2.91. The maximum atomic E-state index is 12.2. The van der Waals surface area contributed by atoms with Gasteiger partial charge in [-0.3, -0.25) is 4.79 Å². The van der Waals surface area contributed by atoms with Crippen molar-refractivity contribution in [3.8, 4) is 17.6 Å². The highest BCUT2D eigenvalue weighted by Gasteiger charge is 2.19. The van der Waals surface area contributed by atoms with Gasteiger partial charge in [0.1, 0.15) is 11.5 Å². The highest BCUT2D eigenvalue weighted by atomic mass is 16.5. The summed E-state index contributed by atoms with van der Waals surface area (Å²) in [6.07, 6.45) is 0.190. The lowest BCUT2D eigenvalue weighted by Crippen LogP contribution is -2.34. The molecule has 0 atom stereocenters. The fourth-order valence-corrected chi connectivity index (χ4v) is 1.57. The Kier molecular flexibility index (Phi) is 5.64. The average molecular weight is 264 g/mol. The molecule has 0 unspecified atom stereocenters. The molecule has 0 bridgehead atoms.